The molecule has 1 saturated carbocycles. The molecule has 0 bridgehead atoms. The molecule has 3 rings (SSSR count). The zero-order chi connectivity index (χ0) is 17.1. The van der Waals surface area contributed by atoms with Crippen molar-refractivity contribution in [2.75, 3.05) is 13.1 Å². The number of rotatable bonds is 3. The SMILES string of the molecule is Cc1ccc(C)c(OC2CCN(C(=O)C3CCCC(N)C3)CC2)c1. The molecule has 0 aromatic heterocycles. The summed E-state index contributed by atoms with van der Waals surface area (Å²) in [6.07, 6.45) is 6.06. The van der Waals surface area contributed by atoms with Crippen LogP contribution in [-0.4, -0.2) is 36.0 Å². The molecule has 1 aliphatic heterocycles. The molecule has 1 heterocycles. The third-order valence-electron chi connectivity index (χ3n) is 5.45. The number of amides is 1. The summed E-state index contributed by atoms with van der Waals surface area (Å²) in [7, 11) is 0. The number of carbonyl (C=O) groups excluding carboxylic acids is 1. The molecule has 1 aromatic carbocycles. The number of piperidine rings is 1. The predicted octanol–water partition coefficient (Wildman–Crippen LogP) is 3.19. The maximum Gasteiger partial charge on any atom is 0.225 e. The minimum Gasteiger partial charge on any atom is -0.490 e. The van der Waals surface area contributed by atoms with Gasteiger partial charge >= 0.3 is 0 Å². The maximum absolute atomic E-state index is 12.7. The third-order valence-corrected chi connectivity index (χ3v) is 5.45. The summed E-state index contributed by atoms with van der Waals surface area (Å²) < 4.78 is 6.20. The van der Waals surface area contributed by atoms with Gasteiger partial charge < -0.3 is 15.4 Å². The average Bonchev–Trinajstić information content (AvgIpc) is 2.58. The van der Waals surface area contributed by atoms with Crippen molar-refractivity contribution >= 4 is 5.91 Å². The van der Waals surface area contributed by atoms with E-state index in [4.69, 9.17) is 10.5 Å². The van der Waals surface area contributed by atoms with E-state index in [1.165, 1.54) is 11.1 Å². The van der Waals surface area contributed by atoms with Crippen molar-refractivity contribution in [3.63, 3.8) is 0 Å². The van der Waals surface area contributed by atoms with Gasteiger partial charge in [0.1, 0.15) is 11.9 Å². The summed E-state index contributed by atoms with van der Waals surface area (Å²) in [6.45, 7) is 5.78. The van der Waals surface area contributed by atoms with Crippen molar-refractivity contribution in [1.82, 2.24) is 4.90 Å². The minimum absolute atomic E-state index is 0.144. The number of nitrogens with zero attached hydrogens (tertiary/aromatic N) is 1. The Morgan fingerprint density at radius 3 is 2.62 bits per heavy atom. The molecule has 1 aromatic rings. The highest BCUT2D eigenvalue weighted by molar-refractivity contribution is 5.79. The van der Waals surface area contributed by atoms with Crippen molar-refractivity contribution in [1.29, 1.82) is 0 Å². The molecule has 2 atom stereocenters. The second kappa shape index (κ2) is 7.56. The Labute approximate surface area is 145 Å². The molecule has 1 aliphatic carbocycles. The van der Waals surface area contributed by atoms with E-state index < -0.39 is 0 Å². The quantitative estimate of drug-likeness (QED) is 0.926. The van der Waals surface area contributed by atoms with Crippen LogP contribution in [0, 0.1) is 19.8 Å². The van der Waals surface area contributed by atoms with E-state index in [0.29, 0.717) is 5.91 Å². The third kappa shape index (κ3) is 4.10. The van der Waals surface area contributed by atoms with E-state index in [9.17, 15) is 4.79 Å². The first-order valence-electron chi connectivity index (χ1n) is 9.31. The first kappa shape index (κ1) is 17.3. The van der Waals surface area contributed by atoms with Crippen molar-refractivity contribution in [2.45, 2.75) is 64.5 Å². The van der Waals surface area contributed by atoms with Crippen molar-refractivity contribution in [3.05, 3.63) is 29.3 Å². The highest BCUT2D eigenvalue weighted by atomic mass is 16.5. The Hall–Kier alpha value is -1.55. The van der Waals surface area contributed by atoms with Crippen molar-refractivity contribution in [3.8, 4) is 5.75 Å². The summed E-state index contributed by atoms with van der Waals surface area (Å²) in [4.78, 5) is 14.7. The number of ether oxygens (including phenoxy) is 1. The van der Waals surface area contributed by atoms with Crippen LogP contribution in [0.2, 0.25) is 0 Å². The minimum atomic E-state index is 0.144. The van der Waals surface area contributed by atoms with Gasteiger partial charge in [0.15, 0.2) is 0 Å². The van der Waals surface area contributed by atoms with Gasteiger partial charge in [-0.25, -0.2) is 0 Å². The van der Waals surface area contributed by atoms with Gasteiger partial charge in [-0.2, -0.15) is 0 Å². The van der Waals surface area contributed by atoms with E-state index in [-0.39, 0.29) is 18.1 Å². The van der Waals surface area contributed by atoms with E-state index in [1.54, 1.807) is 0 Å². The number of hydrogen-bond acceptors (Lipinski definition) is 3. The van der Waals surface area contributed by atoms with Crippen LogP contribution >= 0.6 is 0 Å². The second-order valence-electron chi connectivity index (χ2n) is 7.54. The fraction of sp³-hybridized carbons (Fsp3) is 0.650. The first-order valence-corrected chi connectivity index (χ1v) is 9.31. The van der Waals surface area contributed by atoms with Gasteiger partial charge in [0.25, 0.3) is 0 Å². The Morgan fingerprint density at radius 1 is 1.17 bits per heavy atom. The summed E-state index contributed by atoms with van der Waals surface area (Å²) in [5.41, 5.74) is 8.43. The molecule has 2 fully saturated rings. The van der Waals surface area contributed by atoms with E-state index in [0.717, 1.165) is 57.4 Å². The molecule has 24 heavy (non-hydrogen) atoms. The van der Waals surface area contributed by atoms with Crippen LogP contribution in [0.4, 0.5) is 0 Å². The Balaban J connectivity index is 1.52. The predicted molar refractivity (Wildman–Crippen MR) is 96.1 cm³/mol. The second-order valence-corrected chi connectivity index (χ2v) is 7.54. The highest BCUT2D eigenvalue weighted by Crippen LogP contribution is 2.28. The molecule has 1 amide bonds. The topological polar surface area (TPSA) is 55.6 Å². The van der Waals surface area contributed by atoms with Gasteiger partial charge in [0, 0.05) is 37.9 Å². The van der Waals surface area contributed by atoms with Crippen LogP contribution < -0.4 is 10.5 Å². The van der Waals surface area contributed by atoms with Crippen LogP contribution in [0.1, 0.15) is 49.7 Å². The molecule has 1 saturated heterocycles. The van der Waals surface area contributed by atoms with Gasteiger partial charge in [0.05, 0.1) is 0 Å². The van der Waals surface area contributed by atoms with Gasteiger partial charge in [-0.1, -0.05) is 18.6 Å². The van der Waals surface area contributed by atoms with Gasteiger partial charge in [0.2, 0.25) is 5.91 Å². The fourth-order valence-corrected chi connectivity index (χ4v) is 3.92. The smallest absolute Gasteiger partial charge is 0.225 e. The number of likely N-dealkylation sites (tertiary alicyclic amines) is 1. The molecular formula is C20H30N2O2. The van der Waals surface area contributed by atoms with Gasteiger partial charge in [-0.3, -0.25) is 4.79 Å². The molecule has 4 heteroatoms. The fourth-order valence-electron chi connectivity index (χ4n) is 3.92. The summed E-state index contributed by atoms with van der Waals surface area (Å²) in [6, 6.07) is 6.53. The number of nitrogens with two attached hydrogens (primary N) is 1. The lowest BCUT2D eigenvalue weighted by atomic mass is 9.85. The summed E-state index contributed by atoms with van der Waals surface area (Å²) >= 11 is 0. The number of aryl methyl sites for hydroxylation is 2. The largest absolute Gasteiger partial charge is 0.490 e. The standard InChI is InChI=1S/C20H30N2O2/c1-14-6-7-15(2)19(12-14)24-18-8-10-22(11-9-18)20(23)16-4-3-5-17(21)13-16/h6-7,12,16-18H,3-5,8-11,13,21H2,1-2H3. The highest BCUT2D eigenvalue weighted by Gasteiger charge is 2.31. The van der Waals surface area contributed by atoms with Crippen LogP contribution in [-0.2, 0) is 4.79 Å². The summed E-state index contributed by atoms with van der Waals surface area (Å²) in [5.74, 6) is 1.44. The molecule has 4 nitrogen and oxygen atoms in total. The molecule has 2 N–H and O–H groups in total. The molecular weight excluding hydrogens is 300 g/mol. The van der Waals surface area contributed by atoms with Crippen LogP contribution in [0.5, 0.6) is 5.75 Å². The Bertz CT molecular complexity index is 579. The average molecular weight is 330 g/mol. The van der Waals surface area contributed by atoms with Crippen molar-refractivity contribution < 1.29 is 9.53 Å². The lowest BCUT2D eigenvalue weighted by molar-refractivity contribution is -0.138. The van der Waals surface area contributed by atoms with Gasteiger partial charge in [-0.05, 0) is 50.3 Å². The molecule has 0 radical (unpaired) electrons. The monoisotopic (exact) mass is 330 g/mol. The molecule has 2 aliphatic rings. The van der Waals surface area contributed by atoms with Crippen LogP contribution in [0.3, 0.4) is 0 Å². The zero-order valence-electron chi connectivity index (χ0n) is 15.0. The number of carbonyl (C=O) groups is 1. The van der Waals surface area contributed by atoms with E-state index >= 15 is 0 Å². The number of benzene rings is 1. The van der Waals surface area contributed by atoms with Gasteiger partial charge in [-0.15, -0.1) is 0 Å². The lowest BCUT2D eigenvalue weighted by Gasteiger charge is -2.36. The Morgan fingerprint density at radius 2 is 1.92 bits per heavy atom. The van der Waals surface area contributed by atoms with Crippen LogP contribution in [0.15, 0.2) is 18.2 Å². The first-order chi connectivity index (χ1) is 11.5. The molecule has 2 unspecified atom stereocenters. The summed E-state index contributed by atoms with van der Waals surface area (Å²) in [5, 5.41) is 0. The molecule has 0 spiro atoms. The number of hydrogen-bond donors (Lipinski definition) is 1. The Kier molecular flexibility index (Phi) is 5.44. The lowest BCUT2D eigenvalue weighted by Crippen LogP contribution is -2.46. The zero-order valence-corrected chi connectivity index (χ0v) is 15.0. The van der Waals surface area contributed by atoms with E-state index in [2.05, 4.69) is 32.0 Å². The van der Waals surface area contributed by atoms with Crippen molar-refractivity contribution in [2.24, 2.45) is 11.7 Å². The normalized spacial score (nSPS) is 25.5. The van der Waals surface area contributed by atoms with E-state index in [1.807, 2.05) is 4.90 Å². The molecule has 132 valence electrons. The van der Waals surface area contributed by atoms with Crippen LogP contribution in [0.25, 0.3) is 0 Å². The maximum atomic E-state index is 12.7.